The normalized spacial score (nSPS) is 13.5. The lowest BCUT2D eigenvalue weighted by atomic mass is 10.2. The maximum atomic E-state index is 4.82. The Morgan fingerprint density at radius 1 is 1.27 bits per heavy atom. The van der Waals surface area contributed by atoms with E-state index in [0.717, 1.165) is 47.6 Å². The highest BCUT2D eigenvalue weighted by Crippen LogP contribution is 2.22. The number of imidazole rings is 2. The summed E-state index contributed by atoms with van der Waals surface area (Å²) in [5.74, 6) is 1.95. The Kier molecular flexibility index (Phi) is 3.34. The Morgan fingerprint density at radius 3 is 3.05 bits per heavy atom. The van der Waals surface area contributed by atoms with E-state index in [0.29, 0.717) is 6.54 Å². The molecule has 1 aliphatic rings. The first-order chi connectivity index (χ1) is 10.9. The molecule has 1 aliphatic heterocycles. The molecule has 0 unspecified atom stereocenters. The zero-order valence-electron chi connectivity index (χ0n) is 12.3. The first-order valence-electron chi connectivity index (χ1n) is 7.36. The van der Waals surface area contributed by atoms with Crippen LogP contribution in [0.25, 0.3) is 10.8 Å². The van der Waals surface area contributed by atoms with E-state index in [1.807, 2.05) is 24.0 Å². The van der Waals surface area contributed by atoms with Gasteiger partial charge in [-0.2, -0.15) is 0 Å². The first kappa shape index (κ1) is 13.4. The molecule has 3 aromatic rings. The number of aliphatic imine (C=N–C) groups is 1. The summed E-state index contributed by atoms with van der Waals surface area (Å²) in [6, 6.07) is 0. The third-order valence-corrected chi connectivity index (χ3v) is 4.59. The Hall–Kier alpha value is -2.28. The van der Waals surface area contributed by atoms with Gasteiger partial charge in [0.2, 0.25) is 0 Å². The average molecular weight is 312 g/mol. The average Bonchev–Trinajstić information content (AvgIpc) is 3.26. The van der Waals surface area contributed by atoms with E-state index in [2.05, 4.69) is 31.0 Å². The summed E-state index contributed by atoms with van der Waals surface area (Å²) in [4.78, 5) is 18.0. The lowest BCUT2D eigenvalue weighted by Crippen LogP contribution is -2.11. The van der Waals surface area contributed by atoms with Gasteiger partial charge >= 0.3 is 0 Å². The molecule has 0 amide bonds. The highest BCUT2D eigenvalue weighted by atomic mass is 32.1. The molecule has 112 valence electrons. The minimum Gasteiger partial charge on any atom is -0.326 e. The molecule has 0 aliphatic carbocycles. The van der Waals surface area contributed by atoms with Gasteiger partial charge in [-0.1, -0.05) is 0 Å². The first-order valence-corrected chi connectivity index (χ1v) is 8.24. The predicted molar refractivity (Wildman–Crippen MR) is 86.5 cm³/mol. The molecule has 0 aromatic carbocycles. The van der Waals surface area contributed by atoms with Crippen LogP contribution in [0.4, 0.5) is 0 Å². The van der Waals surface area contributed by atoms with Crippen molar-refractivity contribution >= 4 is 17.6 Å². The Labute approximate surface area is 132 Å². The fourth-order valence-corrected chi connectivity index (χ4v) is 3.46. The highest BCUT2D eigenvalue weighted by molar-refractivity contribution is 7.13. The van der Waals surface area contributed by atoms with E-state index in [1.165, 1.54) is 0 Å². The highest BCUT2D eigenvalue weighted by Gasteiger charge is 2.18. The smallest absolute Gasteiger partial charge is 0.169 e. The molecule has 0 saturated heterocycles. The van der Waals surface area contributed by atoms with Gasteiger partial charge in [-0.05, 0) is 6.92 Å². The second-order valence-corrected chi connectivity index (χ2v) is 6.00. The van der Waals surface area contributed by atoms with Crippen molar-refractivity contribution in [3.05, 3.63) is 41.2 Å². The molecular formula is C15H16N6S. The van der Waals surface area contributed by atoms with E-state index in [-0.39, 0.29) is 0 Å². The molecule has 6 nitrogen and oxygen atoms in total. The van der Waals surface area contributed by atoms with E-state index < -0.39 is 0 Å². The van der Waals surface area contributed by atoms with Crippen LogP contribution in [0, 0.1) is 0 Å². The molecule has 0 bridgehead atoms. The molecule has 3 aromatic heterocycles. The van der Waals surface area contributed by atoms with Gasteiger partial charge in [-0.15, -0.1) is 11.3 Å². The van der Waals surface area contributed by atoms with Crippen molar-refractivity contribution in [2.75, 3.05) is 6.54 Å². The van der Waals surface area contributed by atoms with Crippen molar-refractivity contribution in [2.24, 2.45) is 4.99 Å². The lowest BCUT2D eigenvalue weighted by Gasteiger charge is -2.10. The van der Waals surface area contributed by atoms with Crippen molar-refractivity contribution in [3.63, 3.8) is 0 Å². The molecular weight excluding hydrogens is 296 g/mol. The van der Waals surface area contributed by atoms with Crippen molar-refractivity contribution < 1.29 is 0 Å². The van der Waals surface area contributed by atoms with Gasteiger partial charge in [0.1, 0.15) is 5.82 Å². The van der Waals surface area contributed by atoms with Gasteiger partial charge < -0.3 is 9.13 Å². The Balaban J connectivity index is 1.72. The number of hydrogen-bond donors (Lipinski definition) is 0. The largest absolute Gasteiger partial charge is 0.326 e. The molecule has 0 atom stereocenters. The quantitative estimate of drug-likeness (QED) is 0.742. The summed E-state index contributed by atoms with van der Waals surface area (Å²) in [5.41, 5.74) is 2.31. The summed E-state index contributed by atoms with van der Waals surface area (Å²) < 4.78 is 4.35. The molecule has 22 heavy (non-hydrogen) atoms. The van der Waals surface area contributed by atoms with Gasteiger partial charge in [-0.3, -0.25) is 4.99 Å². The van der Waals surface area contributed by atoms with Gasteiger partial charge in [0.25, 0.3) is 0 Å². The standard InChI is InChI=1S/C15H16N6S/c1-2-21-12-9-16-4-3-11(12)19-13(21)10-20-7-5-17-14(20)15-18-6-8-22-15/h5-9H,2-4,10H2,1H3. The third-order valence-electron chi connectivity index (χ3n) is 3.82. The second-order valence-electron chi connectivity index (χ2n) is 5.11. The van der Waals surface area contributed by atoms with Gasteiger partial charge in [0.05, 0.1) is 17.9 Å². The molecule has 0 radical (unpaired) electrons. The van der Waals surface area contributed by atoms with Gasteiger partial charge in [0, 0.05) is 49.7 Å². The van der Waals surface area contributed by atoms with Crippen molar-refractivity contribution in [2.45, 2.75) is 26.4 Å². The van der Waals surface area contributed by atoms with Crippen LogP contribution in [-0.4, -0.2) is 36.8 Å². The van der Waals surface area contributed by atoms with E-state index in [1.54, 1.807) is 17.5 Å². The maximum Gasteiger partial charge on any atom is 0.169 e. The molecule has 4 rings (SSSR count). The molecule has 7 heteroatoms. The fraction of sp³-hybridized carbons (Fsp3) is 0.333. The van der Waals surface area contributed by atoms with Crippen LogP contribution in [0.5, 0.6) is 0 Å². The maximum absolute atomic E-state index is 4.82. The zero-order valence-corrected chi connectivity index (χ0v) is 13.1. The van der Waals surface area contributed by atoms with E-state index in [9.17, 15) is 0 Å². The topological polar surface area (TPSA) is 60.9 Å². The van der Waals surface area contributed by atoms with Gasteiger partial charge in [-0.25, -0.2) is 15.0 Å². The lowest BCUT2D eigenvalue weighted by molar-refractivity contribution is 0.652. The molecule has 0 spiro atoms. The number of thiazole rings is 1. The fourth-order valence-electron chi connectivity index (χ4n) is 2.81. The molecule has 0 saturated carbocycles. The number of nitrogens with zero attached hydrogens (tertiary/aromatic N) is 6. The summed E-state index contributed by atoms with van der Waals surface area (Å²) >= 11 is 1.60. The van der Waals surface area contributed by atoms with Gasteiger partial charge in [0.15, 0.2) is 10.8 Å². The molecule has 0 fully saturated rings. The Bertz CT molecular complexity index is 811. The number of hydrogen-bond acceptors (Lipinski definition) is 5. The number of aromatic nitrogens is 5. The van der Waals surface area contributed by atoms with Crippen molar-refractivity contribution in [1.29, 1.82) is 0 Å². The summed E-state index contributed by atoms with van der Waals surface area (Å²) in [5, 5.41) is 2.90. The van der Waals surface area contributed by atoms with Crippen LogP contribution in [0.1, 0.15) is 24.1 Å². The van der Waals surface area contributed by atoms with Crippen molar-refractivity contribution in [3.8, 4) is 10.8 Å². The van der Waals surface area contributed by atoms with E-state index >= 15 is 0 Å². The minimum absolute atomic E-state index is 0.698. The van der Waals surface area contributed by atoms with Crippen LogP contribution in [-0.2, 0) is 19.5 Å². The van der Waals surface area contributed by atoms with Crippen LogP contribution in [0.2, 0.25) is 0 Å². The molecule has 0 N–H and O–H groups in total. The van der Waals surface area contributed by atoms with Crippen LogP contribution >= 0.6 is 11.3 Å². The van der Waals surface area contributed by atoms with E-state index in [4.69, 9.17) is 4.98 Å². The Morgan fingerprint density at radius 2 is 2.23 bits per heavy atom. The zero-order chi connectivity index (χ0) is 14.9. The third kappa shape index (κ3) is 2.18. The number of fused-ring (bicyclic) bond motifs is 1. The summed E-state index contributed by atoms with van der Waals surface area (Å²) in [7, 11) is 0. The number of rotatable bonds is 4. The van der Waals surface area contributed by atoms with Crippen LogP contribution in [0.15, 0.2) is 29.0 Å². The van der Waals surface area contributed by atoms with Crippen molar-refractivity contribution in [1.82, 2.24) is 24.1 Å². The summed E-state index contributed by atoms with van der Waals surface area (Å²) in [6.07, 6.45) is 8.49. The SMILES string of the molecule is CCn1c(Cn2ccnc2-c2nccs2)nc2c1C=NCC2. The minimum atomic E-state index is 0.698. The second kappa shape index (κ2) is 5.49. The van der Waals surface area contributed by atoms with Crippen LogP contribution in [0.3, 0.4) is 0 Å². The molecule has 4 heterocycles. The predicted octanol–water partition coefficient (Wildman–Crippen LogP) is 2.25. The monoisotopic (exact) mass is 312 g/mol. The summed E-state index contributed by atoms with van der Waals surface area (Å²) in [6.45, 7) is 4.57. The van der Waals surface area contributed by atoms with Crippen LogP contribution < -0.4 is 0 Å².